The number of hydrogen-bond donors (Lipinski definition) is 0. The second-order valence-corrected chi connectivity index (χ2v) is 12.4. The van der Waals surface area contributed by atoms with E-state index >= 15 is 0 Å². The normalized spacial score (nSPS) is 13.3. The Balaban J connectivity index is 1.21. The maximum absolute atomic E-state index is 9.26. The van der Waals surface area contributed by atoms with E-state index in [1.54, 1.807) is 0 Å². The Labute approximate surface area is 277 Å². The largest absolute Gasteiger partial charge is 0.456 e. The van der Waals surface area contributed by atoms with Crippen molar-refractivity contribution >= 4 is 21.8 Å². The highest BCUT2D eigenvalue weighted by Gasteiger charge is 2.51. The van der Waals surface area contributed by atoms with Crippen LogP contribution in [0.4, 0.5) is 0 Å². The number of rotatable bonds is 2. The van der Waals surface area contributed by atoms with E-state index in [4.69, 9.17) is 14.7 Å². The fourth-order valence-corrected chi connectivity index (χ4v) is 7.87. The van der Waals surface area contributed by atoms with Gasteiger partial charge in [0.2, 0.25) is 0 Å². The van der Waals surface area contributed by atoms with Gasteiger partial charge >= 0.3 is 0 Å². The Morgan fingerprint density at radius 1 is 0.479 bits per heavy atom. The summed E-state index contributed by atoms with van der Waals surface area (Å²) in [6.07, 6.45) is 0. The number of benzene rings is 6. The Morgan fingerprint density at radius 3 is 1.71 bits per heavy atom. The zero-order chi connectivity index (χ0) is 31.8. The second-order valence-electron chi connectivity index (χ2n) is 12.4. The van der Waals surface area contributed by atoms with E-state index in [0.29, 0.717) is 5.56 Å². The van der Waals surface area contributed by atoms with Crippen LogP contribution in [0.5, 0.6) is 11.5 Å². The van der Waals surface area contributed by atoms with Crippen LogP contribution in [-0.4, -0.2) is 9.97 Å². The lowest BCUT2D eigenvalue weighted by Crippen LogP contribution is -2.32. The van der Waals surface area contributed by atoms with Gasteiger partial charge in [0.25, 0.3) is 0 Å². The topological polar surface area (TPSA) is 58.8 Å². The molecule has 1 spiro atoms. The van der Waals surface area contributed by atoms with Gasteiger partial charge in [0.15, 0.2) is 0 Å². The van der Waals surface area contributed by atoms with E-state index in [2.05, 4.69) is 121 Å². The highest BCUT2D eigenvalue weighted by atomic mass is 16.5. The summed E-state index contributed by atoms with van der Waals surface area (Å²) in [5, 5.41) is 11.3. The lowest BCUT2D eigenvalue weighted by molar-refractivity contribution is 0.438. The van der Waals surface area contributed by atoms with Gasteiger partial charge in [-0.2, -0.15) is 5.26 Å². The zero-order valence-electron chi connectivity index (χ0n) is 25.7. The van der Waals surface area contributed by atoms with Crippen molar-refractivity contribution in [1.82, 2.24) is 9.97 Å². The van der Waals surface area contributed by atoms with Crippen LogP contribution in [0.3, 0.4) is 0 Å². The van der Waals surface area contributed by atoms with E-state index in [0.717, 1.165) is 66.9 Å². The summed E-state index contributed by atoms with van der Waals surface area (Å²) in [7, 11) is 0. The highest BCUT2D eigenvalue weighted by molar-refractivity contribution is 6.04. The molecule has 4 nitrogen and oxygen atoms in total. The minimum absolute atomic E-state index is 0.533. The van der Waals surface area contributed by atoms with Crippen LogP contribution < -0.4 is 4.74 Å². The molecule has 6 aromatic carbocycles. The summed E-state index contributed by atoms with van der Waals surface area (Å²) in [5.41, 5.74) is 12.6. The summed E-state index contributed by atoms with van der Waals surface area (Å²) >= 11 is 0. The van der Waals surface area contributed by atoms with E-state index in [1.807, 2.05) is 36.4 Å². The van der Waals surface area contributed by atoms with Crippen molar-refractivity contribution < 1.29 is 4.74 Å². The number of aromatic nitrogens is 2. The molecule has 0 atom stereocenters. The average molecular weight is 612 g/mol. The first-order valence-corrected chi connectivity index (χ1v) is 16.1. The molecule has 8 aromatic rings. The van der Waals surface area contributed by atoms with Gasteiger partial charge in [-0.05, 0) is 58.7 Å². The van der Waals surface area contributed by atoms with Crippen LogP contribution >= 0.6 is 0 Å². The fourth-order valence-electron chi connectivity index (χ4n) is 7.87. The molecule has 2 aromatic heterocycles. The molecule has 2 aliphatic rings. The molecule has 0 fully saturated rings. The molecule has 0 saturated carbocycles. The van der Waals surface area contributed by atoms with Crippen LogP contribution in [0, 0.1) is 11.3 Å². The third-order valence-corrected chi connectivity index (χ3v) is 9.98. The van der Waals surface area contributed by atoms with Gasteiger partial charge < -0.3 is 4.74 Å². The second kappa shape index (κ2) is 9.96. The predicted octanol–water partition coefficient (Wildman–Crippen LogP) is 10.5. The molecular formula is C44H25N3O. The molecule has 0 amide bonds. The number of fused-ring (bicyclic) bond motifs is 12. The van der Waals surface area contributed by atoms with Gasteiger partial charge in [0, 0.05) is 33.0 Å². The number of nitriles is 1. The Hall–Kier alpha value is -6.57. The van der Waals surface area contributed by atoms with E-state index in [9.17, 15) is 5.26 Å². The van der Waals surface area contributed by atoms with Crippen LogP contribution in [0.25, 0.3) is 55.4 Å². The molecule has 4 heteroatoms. The number of ether oxygens (including phenoxy) is 1. The fraction of sp³-hybridized carbons (Fsp3) is 0.0227. The van der Waals surface area contributed by atoms with Crippen LogP contribution in [0.15, 0.2) is 152 Å². The molecule has 48 heavy (non-hydrogen) atoms. The standard InChI is InChI=1S/C44H25N3O/c45-26-27-16-18-28(19-17-27)38-24-22-29-20-21-30-23-25-39(47-42(30)41(29)46-38)33-10-7-14-37-43(33)48-40-15-6-5-13-36(40)44(37)34-11-3-1-8-31(34)32-9-2-4-12-35(32)44/h1-25H. The Kier molecular flexibility index (Phi) is 5.53. The van der Waals surface area contributed by atoms with E-state index < -0.39 is 5.41 Å². The quantitative estimate of drug-likeness (QED) is 0.183. The van der Waals surface area contributed by atoms with E-state index in [1.165, 1.54) is 22.3 Å². The van der Waals surface area contributed by atoms with Crippen LogP contribution in [-0.2, 0) is 5.41 Å². The maximum atomic E-state index is 9.26. The zero-order valence-corrected chi connectivity index (χ0v) is 25.7. The third-order valence-electron chi connectivity index (χ3n) is 9.98. The average Bonchev–Trinajstić information content (AvgIpc) is 3.45. The number of hydrogen-bond acceptors (Lipinski definition) is 4. The SMILES string of the molecule is N#Cc1ccc(-c2ccc3ccc4ccc(-c5cccc6c5Oc5ccccc5C65c6ccccc6-c6ccccc65)nc4c3n2)cc1. The van der Waals surface area contributed by atoms with Gasteiger partial charge in [-0.15, -0.1) is 0 Å². The van der Waals surface area contributed by atoms with Gasteiger partial charge in [-0.1, -0.05) is 115 Å². The molecule has 0 saturated heterocycles. The van der Waals surface area contributed by atoms with Gasteiger partial charge in [0.1, 0.15) is 11.5 Å². The molecular weight excluding hydrogens is 587 g/mol. The van der Waals surface area contributed by atoms with Crippen LogP contribution in [0.2, 0.25) is 0 Å². The van der Waals surface area contributed by atoms with Crippen LogP contribution in [0.1, 0.15) is 27.8 Å². The number of nitrogens with zero attached hydrogens (tertiary/aromatic N) is 3. The first kappa shape index (κ1) is 26.6. The highest BCUT2D eigenvalue weighted by Crippen LogP contribution is 2.63. The minimum atomic E-state index is -0.533. The molecule has 10 rings (SSSR count). The summed E-state index contributed by atoms with van der Waals surface area (Å²) in [5.74, 6) is 1.67. The predicted molar refractivity (Wildman–Crippen MR) is 190 cm³/mol. The summed E-state index contributed by atoms with van der Waals surface area (Å²) in [4.78, 5) is 10.4. The molecule has 0 bridgehead atoms. The summed E-state index contributed by atoms with van der Waals surface area (Å²) in [6, 6.07) is 54.7. The van der Waals surface area contributed by atoms with Gasteiger partial charge in [0.05, 0.1) is 39.5 Å². The summed E-state index contributed by atoms with van der Waals surface area (Å²) in [6.45, 7) is 0. The maximum Gasteiger partial charge on any atom is 0.141 e. The molecule has 3 heterocycles. The number of pyridine rings is 2. The smallest absolute Gasteiger partial charge is 0.141 e. The third kappa shape index (κ3) is 3.59. The van der Waals surface area contributed by atoms with Crippen molar-refractivity contribution in [3.05, 3.63) is 179 Å². The molecule has 222 valence electrons. The Bertz CT molecular complexity index is 2620. The molecule has 0 radical (unpaired) electrons. The molecule has 1 aliphatic carbocycles. The lowest BCUT2D eigenvalue weighted by Gasteiger charge is -2.40. The number of para-hydroxylation sites is 2. The monoisotopic (exact) mass is 611 g/mol. The van der Waals surface area contributed by atoms with Gasteiger partial charge in [-0.25, -0.2) is 9.97 Å². The molecule has 1 aliphatic heterocycles. The van der Waals surface area contributed by atoms with Crippen molar-refractivity contribution in [3.8, 4) is 51.2 Å². The van der Waals surface area contributed by atoms with Gasteiger partial charge in [-0.3, -0.25) is 0 Å². The Morgan fingerprint density at radius 2 is 1.02 bits per heavy atom. The van der Waals surface area contributed by atoms with Crippen molar-refractivity contribution in [3.63, 3.8) is 0 Å². The van der Waals surface area contributed by atoms with Crippen molar-refractivity contribution in [2.24, 2.45) is 0 Å². The lowest BCUT2D eigenvalue weighted by atomic mass is 9.65. The van der Waals surface area contributed by atoms with Crippen molar-refractivity contribution in [2.45, 2.75) is 5.41 Å². The first-order valence-electron chi connectivity index (χ1n) is 16.1. The summed E-state index contributed by atoms with van der Waals surface area (Å²) < 4.78 is 6.90. The molecule has 0 N–H and O–H groups in total. The molecule has 0 unspecified atom stereocenters. The minimum Gasteiger partial charge on any atom is -0.456 e. The van der Waals surface area contributed by atoms with Crippen molar-refractivity contribution in [2.75, 3.05) is 0 Å². The van der Waals surface area contributed by atoms with E-state index in [-0.39, 0.29) is 0 Å². The first-order chi connectivity index (χ1) is 23.7. The van der Waals surface area contributed by atoms with Crippen molar-refractivity contribution in [1.29, 1.82) is 5.26 Å².